The van der Waals surface area contributed by atoms with Crippen molar-refractivity contribution >= 4 is 34.9 Å². The normalized spacial score (nSPS) is 15.8. The van der Waals surface area contributed by atoms with Crippen LogP contribution in [0.5, 0.6) is 0 Å². The van der Waals surface area contributed by atoms with Crippen molar-refractivity contribution in [2.75, 3.05) is 10.2 Å². The smallest absolute Gasteiger partial charge is 0.250 e. The molecular weight excluding hydrogens is 490 g/mol. The van der Waals surface area contributed by atoms with Gasteiger partial charge in [-0.25, -0.2) is 0 Å². The molecule has 3 aromatic rings. The Morgan fingerprint density at radius 3 is 2.21 bits per heavy atom. The number of carbonyl (C=O) groups excluding carboxylic acids is 4. The van der Waals surface area contributed by atoms with Crippen LogP contribution in [0, 0.1) is 11.8 Å². The van der Waals surface area contributed by atoms with Gasteiger partial charge in [0.05, 0.1) is 5.69 Å². The molecule has 7 nitrogen and oxygen atoms in total. The number of anilines is 2. The van der Waals surface area contributed by atoms with Crippen molar-refractivity contribution in [3.05, 3.63) is 95.6 Å². The topological polar surface area (TPSA) is 95.6 Å². The van der Waals surface area contributed by atoms with Gasteiger partial charge in [0.25, 0.3) is 5.91 Å². The van der Waals surface area contributed by atoms with E-state index in [1.54, 1.807) is 48.5 Å². The van der Waals surface area contributed by atoms with E-state index in [4.69, 9.17) is 0 Å². The fourth-order valence-corrected chi connectivity index (χ4v) is 4.76. The molecule has 4 rings (SSSR count). The zero-order chi connectivity index (χ0) is 28.1. The van der Waals surface area contributed by atoms with Crippen LogP contribution >= 0.6 is 0 Å². The minimum atomic E-state index is -0.837. The number of carbonyl (C=O) groups is 4. The van der Waals surface area contributed by atoms with Crippen molar-refractivity contribution in [2.45, 2.75) is 52.6 Å². The molecule has 0 unspecified atom stereocenters. The Kier molecular flexibility index (Phi) is 8.59. The van der Waals surface area contributed by atoms with Gasteiger partial charge in [0.1, 0.15) is 12.1 Å². The van der Waals surface area contributed by atoms with Crippen molar-refractivity contribution in [3.8, 4) is 0 Å². The van der Waals surface area contributed by atoms with E-state index < -0.39 is 18.0 Å². The van der Waals surface area contributed by atoms with E-state index in [9.17, 15) is 19.2 Å². The molecule has 2 N–H and O–H groups in total. The molecule has 3 aromatic carbocycles. The van der Waals surface area contributed by atoms with Crippen molar-refractivity contribution in [1.82, 2.24) is 5.32 Å². The third kappa shape index (κ3) is 5.93. The largest absolute Gasteiger partial charge is 0.344 e. The summed E-state index contributed by atoms with van der Waals surface area (Å²) in [5.41, 5.74) is 2.78. The van der Waals surface area contributed by atoms with Gasteiger partial charge in [-0.3, -0.25) is 24.1 Å². The Bertz CT molecular complexity index is 1370. The maximum absolute atomic E-state index is 14.0. The standard InChI is InChI=1S/C32H35N3O4/c1-5-21(4)30(37)34-28(20(2)3)32(39)35-26-18-12-9-15-23(26)19-27(35)31(38)33-25-17-11-10-16-24(25)29(36)22-13-7-6-8-14-22/h6-18,20-21,27-28H,5,19H2,1-4H3,(H,33,38)(H,34,37)/t21-,27+,28+/m1/s1. The molecule has 0 fully saturated rings. The molecule has 0 radical (unpaired) electrons. The highest BCUT2D eigenvalue weighted by Crippen LogP contribution is 2.34. The molecule has 202 valence electrons. The van der Waals surface area contributed by atoms with Crippen LogP contribution in [-0.4, -0.2) is 35.6 Å². The number of ketones is 1. The summed E-state index contributed by atoms with van der Waals surface area (Å²) in [6.45, 7) is 7.50. The predicted molar refractivity (Wildman–Crippen MR) is 153 cm³/mol. The minimum Gasteiger partial charge on any atom is -0.344 e. The van der Waals surface area contributed by atoms with Crippen molar-refractivity contribution in [3.63, 3.8) is 0 Å². The Hall–Kier alpha value is -4.26. The summed E-state index contributed by atoms with van der Waals surface area (Å²) in [6.07, 6.45) is 0.982. The van der Waals surface area contributed by atoms with E-state index >= 15 is 0 Å². The highest BCUT2D eigenvalue weighted by Gasteiger charge is 2.42. The van der Waals surface area contributed by atoms with Gasteiger partial charge in [-0.15, -0.1) is 0 Å². The average molecular weight is 526 g/mol. The molecular formula is C32H35N3O4. The molecule has 0 saturated heterocycles. The molecule has 39 heavy (non-hydrogen) atoms. The lowest BCUT2D eigenvalue weighted by molar-refractivity contribution is -0.131. The van der Waals surface area contributed by atoms with Gasteiger partial charge in [-0.05, 0) is 36.1 Å². The number of amides is 3. The average Bonchev–Trinajstić information content (AvgIpc) is 3.35. The van der Waals surface area contributed by atoms with Gasteiger partial charge < -0.3 is 10.6 Å². The van der Waals surface area contributed by atoms with Gasteiger partial charge in [-0.1, -0.05) is 88.4 Å². The maximum Gasteiger partial charge on any atom is 0.250 e. The number of benzene rings is 3. The van der Waals surface area contributed by atoms with Crippen LogP contribution < -0.4 is 15.5 Å². The first-order valence-corrected chi connectivity index (χ1v) is 13.4. The third-order valence-corrected chi connectivity index (χ3v) is 7.27. The van der Waals surface area contributed by atoms with E-state index in [1.807, 2.05) is 58.0 Å². The number of fused-ring (bicyclic) bond motifs is 1. The first kappa shape index (κ1) is 27.8. The van der Waals surface area contributed by atoms with E-state index in [2.05, 4.69) is 10.6 Å². The van der Waals surface area contributed by atoms with Crippen LogP contribution in [0.25, 0.3) is 0 Å². The second kappa shape index (κ2) is 12.1. The summed E-state index contributed by atoms with van der Waals surface area (Å²) in [5.74, 6) is -1.55. The lowest BCUT2D eigenvalue weighted by Gasteiger charge is -2.31. The molecule has 3 atom stereocenters. The molecule has 0 aromatic heterocycles. The zero-order valence-electron chi connectivity index (χ0n) is 22.8. The Morgan fingerprint density at radius 1 is 0.872 bits per heavy atom. The monoisotopic (exact) mass is 525 g/mol. The van der Waals surface area contributed by atoms with Crippen LogP contribution in [0.2, 0.25) is 0 Å². The number of hydrogen-bond donors (Lipinski definition) is 2. The Morgan fingerprint density at radius 2 is 1.51 bits per heavy atom. The summed E-state index contributed by atoms with van der Waals surface area (Å²) in [6, 6.07) is 21.5. The lowest BCUT2D eigenvalue weighted by atomic mass is 9.99. The molecule has 0 saturated carbocycles. The SMILES string of the molecule is CC[C@@H](C)C(=O)N[C@H](C(=O)N1c2ccccc2C[C@H]1C(=O)Nc1ccccc1C(=O)c1ccccc1)C(C)C. The number of para-hydroxylation sites is 2. The van der Waals surface area contributed by atoms with E-state index in [0.29, 0.717) is 35.3 Å². The first-order chi connectivity index (χ1) is 18.7. The number of nitrogens with zero attached hydrogens (tertiary/aromatic N) is 1. The second-order valence-electron chi connectivity index (χ2n) is 10.3. The van der Waals surface area contributed by atoms with E-state index in [-0.39, 0.29) is 29.4 Å². The molecule has 1 aliphatic rings. The number of hydrogen-bond acceptors (Lipinski definition) is 4. The minimum absolute atomic E-state index is 0.189. The van der Waals surface area contributed by atoms with Crippen LogP contribution in [0.3, 0.4) is 0 Å². The van der Waals surface area contributed by atoms with Crippen LogP contribution in [0.4, 0.5) is 11.4 Å². The highest BCUT2D eigenvalue weighted by molar-refractivity contribution is 6.15. The summed E-state index contributed by atoms with van der Waals surface area (Å²) < 4.78 is 0. The summed E-state index contributed by atoms with van der Waals surface area (Å²) in [7, 11) is 0. The molecule has 7 heteroatoms. The Labute approximate surface area is 229 Å². The molecule has 1 aliphatic heterocycles. The maximum atomic E-state index is 14.0. The lowest BCUT2D eigenvalue weighted by Crippen LogP contribution is -2.56. The quantitative estimate of drug-likeness (QED) is 0.384. The van der Waals surface area contributed by atoms with Crippen molar-refractivity contribution in [1.29, 1.82) is 0 Å². The van der Waals surface area contributed by atoms with Gasteiger partial charge in [0.15, 0.2) is 5.78 Å². The summed E-state index contributed by atoms with van der Waals surface area (Å²) in [4.78, 5) is 55.2. The van der Waals surface area contributed by atoms with Crippen LogP contribution in [0.1, 0.15) is 55.6 Å². The summed E-state index contributed by atoms with van der Waals surface area (Å²) >= 11 is 0. The second-order valence-corrected chi connectivity index (χ2v) is 10.3. The molecule has 0 bridgehead atoms. The number of rotatable bonds is 9. The van der Waals surface area contributed by atoms with Crippen LogP contribution in [-0.2, 0) is 20.8 Å². The van der Waals surface area contributed by atoms with Crippen molar-refractivity contribution < 1.29 is 19.2 Å². The Balaban J connectivity index is 1.64. The molecule has 1 heterocycles. The van der Waals surface area contributed by atoms with E-state index in [1.165, 1.54) is 4.90 Å². The van der Waals surface area contributed by atoms with Crippen molar-refractivity contribution in [2.24, 2.45) is 11.8 Å². The zero-order valence-corrected chi connectivity index (χ0v) is 22.8. The fraction of sp³-hybridized carbons (Fsp3) is 0.312. The van der Waals surface area contributed by atoms with Gasteiger partial charge in [0.2, 0.25) is 11.8 Å². The molecule has 0 spiro atoms. The van der Waals surface area contributed by atoms with Gasteiger partial charge in [-0.2, -0.15) is 0 Å². The summed E-state index contributed by atoms with van der Waals surface area (Å²) in [5, 5.41) is 5.84. The first-order valence-electron chi connectivity index (χ1n) is 13.4. The van der Waals surface area contributed by atoms with E-state index in [0.717, 1.165) is 5.56 Å². The highest BCUT2D eigenvalue weighted by atomic mass is 16.2. The number of nitrogens with one attached hydrogen (secondary N) is 2. The third-order valence-electron chi connectivity index (χ3n) is 7.27. The van der Waals surface area contributed by atoms with Gasteiger partial charge in [0, 0.05) is 29.2 Å². The molecule has 0 aliphatic carbocycles. The van der Waals surface area contributed by atoms with Crippen LogP contribution in [0.15, 0.2) is 78.9 Å². The predicted octanol–water partition coefficient (Wildman–Crippen LogP) is 5.00. The molecule has 3 amide bonds. The fourth-order valence-electron chi connectivity index (χ4n) is 4.76. The van der Waals surface area contributed by atoms with Gasteiger partial charge >= 0.3 is 0 Å².